The van der Waals surface area contributed by atoms with Gasteiger partial charge in [-0.05, 0) is 23.7 Å². The van der Waals surface area contributed by atoms with Gasteiger partial charge in [-0.3, -0.25) is 4.79 Å². The first kappa shape index (κ1) is 18.1. The molecule has 112 valence electrons. The van der Waals surface area contributed by atoms with Gasteiger partial charge in [-0.25, -0.2) is 0 Å². The highest BCUT2D eigenvalue weighted by molar-refractivity contribution is 5.81. The van der Waals surface area contributed by atoms with E-state index in [-0.39, 0.29) is 18.3 Å². The molecular weight excluding hydrogens is 238 g/mol. The first-order valence-corrected chi connectivity index (χ1v) is 7.49. The molecule has 0 amide bonds. The number of carbonyl (C=O) groups is 1. The first-order chi connectivity index (χ1) is 8.81. The largest absolute Gasteiger partial charge is 0.388 e. The van der Waals surface area contributed by atoms with Gasteiger partial charge in [-0.15, -0.1) is 0 Å². The third-order valence-corrected chi connectivity index (χ3v) is 4.42. The number of Topliss-reactive ketones (excluding diaryl/α,β-unsaturated/α-hetero) is 1. The molecule has 0 heterocycles. The highest BCUT2D eigenvalue weighted by Gasteiger charge is 2.22. The van der Waals surface area contributed by atoms with Gasteiger partial charge in [-0.2, -0.15) is 0 Å². The summed E-state index contributed by atoms with van der Waals surface area (Å²) in [5, 5.41) is 3.94. The minimum Gasteiger partial charge on any atom is -0.388 e. The fourth-order valence-corrected chi connectivity index (χ4v) is 1.91. The molecule has 0 bridgehead atoms. The first-order valence-electron chi connectivity index (χ1n) is 7.49. The summed E-state index contributed by atoms with van der Waals surface area (Å²) in [6.45, 7) is 15.0. The van der Waals surface area contributed by atoms with Gasteiger partial charge in [0, 0.05) is 12.1 Å². The van der Waals surface area contributed by atoms with Crippen molar-refractivity contribution in [1.29, 1.82) is 0 Å². The van der Waals surface area contributed by atoms with Crippen LogP contribution in [-0.2, 0) is 9.63 Å². The molecule has 0 saturated heterocycles. The summed E-state index contributed by atoms with van der Waals surface area (Å²) in [6, 6.07) is 0. The van der Waals surface area contributed by atoms with E-state index in [0.29, 0.717) is 23.7 Å². The summed E-state index contributed by atoms with van der Waals surface area (Å²) in [5.74, 6) is 2.39. The van der Waals surface area contributed by atoms with E-state index >= 15 is 0 Å². The number of carbonyl (C=O) groups excluding carboxylic acids is 1. The van der Waals surface area contributed by atoms with Gasteiger partial charge >= 0.3 is 0 Å². The third-order valence-electron chi connectivity index (χ3n) is 4.42. The monoisotopic (exact) mass is 269 g/mol. The van der Waals surface area contributed by atoms with Crippen LogP contribution in [0.5, 0.6) is 0 Å². The molecule has 0 N–H and O–H groups in total. The number of hydrogen-bond acceptors (Lipinski definition) is 3. The predicted octanol–water partition coefficient (Wildman–Crippen LogP) is 4.17. The van der Waals surface area contributed by atoms with E-state index in [1.165, 1.54) is 6.42 Å². The number of hydrogen-bond donors (Lipinski definition) is 0. The van der Waals surface area contributed by atoms with Gasteiger partial charge in [0.05, 0.1) is 0 Å². The van der Waals surface area contributed by atoms with Crippen molar-refractivity contribution in [2.45, 2.75) is 54.9 Å². The fraction of sp³-hybridized carbons (Fsp3) is 0.875. The van der Waals surface area contributed by atoms with E-state index < -0.39 is 0 Å². The lowest BCUT2D eigenvalue weighted by atomic mass is 9.78. The molecule has 0 aliphatic heterocycles. The van der Waals surface area contributed by atoms with Crippen LogP contribution < -0.4 is 0 Å². The SMILES string of the molecule is CC[C@@H](C)[C@@H](C)[C@H](C)[C@@H](C)/C=N/OCC(=O)C(C)C. The predicted molar refractivity (Wildman–Crippen MR) is 81.2 cm³/mol. The van der Waals surface area contributed by atoms with Crippen molar-refractivity contribution in [2.75, 3.05) is 6.61 Å². The quantitative estimate of drug-likeness (QED) is 0.465. The van der Waals surface area contributed by atoms with Crippen LogP contribution in [0.25, 0.3) is 0 Å². The summed E-state index contributed by atoms with van der Waals surface area (Å²) in [6.07, 6.45) is 3.03. The smallest absolute Gasteiger partial charge is 0.175 e. The second-order valence-corrected chi connectivity index (χ2v) is 6.11. The standard InChI is InChI=1S/C16H31NO2/c1-8-12(4)14(6)15(7)13(5)9-17-19-10-16(18)11(2)3/h9,11-15H,8,10H2,1-7H3/b17-9+/t12-,13+,14-,15-/m1/s1. The minimum atomic E-state index is 0.0111. The average Bonchev–Trinajstić information content (AvgIpc) is 2.39. The number of ketones is 1. The number of oxime groups is 1. The van der Waals surface area contributed by atoms with Crippen molar-refractivity contribution < 1.29 is 9.63 Å². The lowest BCUT2D eigenvalue weighted by Gasteiger charge is -2.28. The van der Waals surface area contributed by atoms with Crippen molar-refractivity contribution >= 4 is 12.0 Å². The van der Waals surface area contributed by atoms with Crippen LogP contribution in [-0.4, -0.2) is 18.6 Å². The molecule has 4 atom stereocenters. The molecule has 0 aromatic carbocycles. The molecule has 3 heteroatoms. The lowest BCUT2D eigenvalue weighted by Crippen LogP contribution is -2.23. The normalized spacial score (nSPS) is 18.3. The Balaban J connectivity index is 4.15. The van der Waals surface area contributed by atoms with Gasteiger partial charge in [0.25, 0.3) is 0 Å². The second kappa shape index (κ2) is 9.11. The van der Waals surface area contributed by atoms with Crippen LogP contribution in [0.4, 0.5) is 0 Å². The van der Waals surface area contributed by atoms with E-state index in [4.69, 9.17) is 4.84 Å². The molecule has 19 heavy (non-hydrogen) atoms. The molecule has 0 aromatic rings. The number of rotatable bonds is 9. The summed E-state index contributed by atoms with van der Waals surface area (Å²) in [4.78, 5) is 16.4. The van der Waals surface area contributed by atoms with Gasteiger partial charge in [-0.1, -0.05) is 60.0 Å². The summed E-state index contributed by atoms with van der Waals surface area (Å²) >= 11 is 0. The van der Waals surface area contributed by atoms with E-state index in [9.17, 15) is 4.79 Å². The van der Waals surface area contributed by atoms with Crippen LogP contribution in [0, 0.1) is 29.6 Å². The fourth-order valence-electron chi connectivity index (χ4n) is 1.91. The van der Waals surface area contributed by atoms with E-state index in [1.807, 2.05) is 20.1 Å². The highest BCUT2D eigenvalue weighted by Crippen LogP contribution is 2.27. The Bertz CT molecular complexity index is 286. The average molecular weight is 269 g/mol. The Morgan fingerprint density at radius 2 is 1.68 bits per heavy atom. The molecule has 0 radical (unpaired) electrons. The van der Waals surface area contributed by atoms with Gasteiger partial charge in [0.2, 0.25) is 0 Å². The minimum absolute atomic E-state index is 0.0111. The van der Waals surface area contributed by atoms with E-state index in [1.54, 1.807) is 0 Å². The third kappa shape index (κ3) is 6.74. The molecule has 3 nitrogen and oxygen atoms in total. The zero-order valence-electron chi connectivity index (χ0n) is 13.6. The van der Waals surface area contributed by atoms with E-state index in [2.05, 4.69) is 39.8 Å². The zero-order chi connectivity index (χ0) is 15.0. The maximum absolute atomic E-state index is 11.4. The van der Waals surface area contributed by atoms with Crippen LogP contribution in [0.15, 0.2) is 5.16 Å². The van der Waals surface area contributed by atoms with Crippen molar-refractivity contribution in [2.24, 2.45) is 34.7 Å². The maximum Gasteiger partial charge on any atom is 0.175 e. The van der Waals surface area contributed by atoms with Crippen LogP contribution in [0.1, 0.15) is 54.9 Å². The summed E-state index contributed by atoms with van der Waals surface area (Å²) in [5.41, 5.74) is 0. The molecule has 0 aromatic heterocycles. The molecule has 0 spiro atoms. The van der Waals surface area contributed by atoms with Crippen LogP contribution in [0.3, 0.4) is 0 Å². The van der Waals surface area contributed by atoms with Crippen LogP contribution >= 0.6 is 0 Å². The topological polar surface area (TPSA) is 38.7 Å². The molecular formula is C16H31NO2. The van der Waals surface area contributed by atoms with Crippen molar-refractivity contribution in [1.82, 2.24) is 0 Å². The zero-order valence-corrected chi connectivity index (χ0v) is 13.6. The Morgan fingerprint density at radius 3 is 2.16 bits per heavy atom. The summed E-state index contributed by atoms with van der Waals surface area (Å²) in [7, 11) is 0. The number of nitrogens with zero attached hydrogens (tertiary/aromatic N) is 1. The molecule has 0 rings (SSSR count). The van der Waals surface area contributed by atoms with Crippen molar-refractivity contribution in [3.05, 3.63) is 0 Å². The Kier molecular flexibility index (Phi) is 8.70. The lowest BCUT2D eigenvalue weighted by molar-refractivity contribution is -0.126. The van der Waals surface area contributed by atoms with Crippen molar-refractivity contribution in [3.8, 4) is 0 Å². The molecule has 0 unspecified atom stereocenters. The molecule has 0 aliphatic carbocycles. The summed E-state index contributed by atoms with van der Waals surface area (Å²) < 4.78 is 0. The Labute approximate surface area is 118 Å². The van der Waals surface area contributed by atoms with E-state index in [0.717, 1.165) is 0 Å². The molecule has 0 fully saturated rings. The second-order valence-electron chi connectivity index (χ2n) is 6.11. The van der Waals surface area contributed by atoms with Gasteiger partial charge in [0.15, 0.2) is 12.4 Å². The van der Waals surface area contributed by atoms with Gasteiger partial charge in [0.1, 0.15) is 0 Å². The Hall–Kier alpha value is -0.860. The molecule has 0 saturated carbocycles. The van der Waals surface area contributed by atoms with Gasteiger partial charge < -0.3 is 4.84 Å². The Morgan fingerprint density at radius 1 is 1.11 bits per heavy atom. The highest BCUT2D eigenvalue weighted by atomic mass is 16.6. The molecule has 0 aliphatic rings. The van der Waals surface area contributed by atoms with Crippen LogP contribution in [0.2, 0.25) is 0 Å². The van der Waals surface area contributed by atoms with Crippen molar-refractivity contribution in [3.63, 3.8) is 0 Å². The maximum atomic E-state index is 11.4.